The lowest BCUT2D eigenvalue weighted by molar-refractivity contribution is 0.238. The molecule has 4 N–H and O–H groups in total. The second kappa shape index (κ2) is 16.4. The second-order valence-electron chi connectivity index (χ2n) is 6.48. The Kier molecular flexibility index (Phi) is 15.4. The molecule has 6 nitrogen and oxygen atoms in total. The number of unbranched alkanes of at least 4 members (excludes halogenated alkanes) is 4. The highest BCUT2D eigenvalue weighted by Crippen LogP contribution is 2.03. The van der Waals surface area contributed by atoms with Crippen molar-refractivity contribution in [2.75, 3.05) is 26.2 Å². The van der Waals surface area contributed by atoms with Gasteiger partial charge in [0.15, 0.2) is 0 Å². The van der Waals surface area contributed by atoms with Crippen molar-refractivity contribution < 1.29 is 9.59 Å². The zero-order chi connectivity index (χ0) is 18.0. The molecule has 0 heterocycles. The highest BCUT2D eigenvalue weighted by molar-refractivity contribution is 5.74. The minimum Gasteiger partial charge on any atom is -0.338 e. The molecule has 24 heavy (non-hydrogen) atoms. The molecule has 0 aromatic carbocycles. The molecule has 0 radical (unpaired) electrons. The Labute approximate surface area is 147 Å². The topological polar surface area (TPSA) is 82.3 Å². The molecule has 142 valence electrons. The van der Waals surface area contributed by atoms with E-state index in [0.29, 0.717) is 19.0 Å². The lowest BCUT2D eigenvalue weighted by Gasteiger charge is -2.13. The Morgan fingerprint density at radius 1 is 0.708 bits per heavy atom. The third kappa shape index (κ3) is 15.4. The maximum absolute atomic E-state index is 11.6. The first-order valence-corrected chi connectivity index (χ1v) is 9.63. The average molecular weight is 343 g/mol. The van der Waals surface area contributed by atoms with Crippen molar-refractivity contribution in [3.63, 3.8) is 0 Å². The normalized spacial score (nSPS) is 11.6. The van der Waals surface area contributed by atoms with Crippen LogP contribution < -0.4 is 21.3 Å². The van der Waals surface area contributed by atoms with Crippen LogP contribution in [0.25, 0.3) is 0 Å². The SMILES string of the molecule is CCCCCNC(=O)NCCCC(C)CNC(=O)NCCCCC. The van der Waals surface area contributed by atoms with Crippen LogP contribution in [-0.2, 0) is 0 Å². The molecule has 0 aromatic heterocycles. The Morgan fingerprint density at radius 3 is 1.67 bits per heavy atom. The summed E-state index contributed by atoms with van der Waals surface area (Å²) in [6.07, 6.45) is 8.58. The van der Waals surface area contributed by atoms with E-state index in [9.17, 15) is 9.59 Å². The van der Waals surface area contributed by atoms with E-state index >= 15 is 0 Å². The lowest BCUT2D eigenvalue weighted by Crippen LogP contribution is -2.38. The summed E-state index contributed by atoms with van der Waals surface area (Å²) in [7, 11) is 0. The van der Waals surface area contributed by atoms with E-state index in [1.54, 1.807) is 0 Å². The number of nitrogens with one attached hydrogen (secondary N) is 4. The summed E-state index contributed by atoms with van der Waals surface area (Å²) in [5.41, 5.74) is 0. The summed E-state index contributed by atoms with van der Waals surface area (Å²) in [5.74, 6) is 0.404. The average Bonchev–Trinajstić information content (AvgIpc) is 2.57. The summed E-state index contributed by atoms with van der Waals surface area (Å²) in [4.78, 5) is 23.1. The van der Waals surface area contributed by atoms with Crippen LogP contribution in [-0.4, -0.2) is 38.2 Å². The third-order valence-electron chi connectivity index (χ3n) is 3.90. The van der Waals surface area contributed by atoms with Gasteiger partial charge in [-0.25, -0.2) is 9.59 Å². The second-order valence-corrected chi connectivity index (χ2v) is 6.48. The van der Waals surface area contributed by atoms with Gasteiger partial charge in [-0.15, -0.1) is 0 Å². The number of amides is 4. The smallest absolute Gasteiger partial charge is 0.314 e. The van der Waals surface area contributed by atoms with Crippen molar-refractivity contribution in [2.45, 2.75) is 72.1 Å². The van der Waals surface area contributed by atoms with Crippen molar-refractivity contribution in [1.29, 1.82) is 0 Å². The Bertz CT molecular complexity index is 324. The third-order valence-corrected chi connectivity index (χ3v) is 3.90. The predicted molar refractivity (Wildman–Crippen MR) is 100 cm³/mol. The molecular formula is C18H38N4O2. The maximum Gasteiger partial charge on any atom is 0.314 e. The van der Waals surface area contributed by atoms with Gasteiger partial charge >= 0.3 is 12.1 Å². The van der Waals surface area contributed by atoms with E-state index in [0.717, 1.165) is 64.5 Å². The van der Waals surface area contributed by atoms with Crippen LogP contribution in [0.4, 0.5) is 9.59 Å². The molecule has 6 heteroatoms. The van der Waals surface area contributed by atoms with Crippen LogP contribution >= 0.6 is 0 Å². The van der Waals surface area contributed by atoms with Gasteiger partial charge in [-0.05, 0) is 31.6 Å². The molecule has 0 spiro atoms. The maximum atomic E-state index is 11.6. The molecule has 0 rings (SSSR count). The van der Waals surface area contributed by atoms with Gasteiger partial charge in [-0.3, -0.25) is 0 Å². The quantitative estimate of drug-likeness (QED) is 0.365. The van der Waals surface area contributed by atoms with E-state index in [-0.39, 0.29) is 12.1 Å². The fourth-order valence-electron chi connectivity index (χ4n) is 2.30. The highest BCUT2D eigenvalue weighted by atomic mass is 16.2. The van der Waals surface area contributed by atoms with Crippen molar-refractivity contribution in [3.8, 4) is 0 Å². The number of hydrogen-bond acceptors (Lipinski definition) is 2. The van der Waals surface area contributed by atoms with Gasteiger partial charge in [-0.2, -0.15) is 0 Å². The zero-order valence-corrected chi connectivity index (χ0v) is 15.9. The first kappa shape index (κ1) is 22.5. The molecular weight excluding hydrogens is 304 g/mol. The predicted octanol–water partition coefficient (Wildman–Crippen LogP) is 3.38. The number of carbonyl (C=O) groups excluding carboxylic acids is 2. The highest BCUT2D eigenvalue weighted by Gasteiger charge is 2.05. The summed E-state index contributed by atoms with van der Waals surface area (Å²) in [6.45, 7) is 9.23. The first-order chi connectivity index (χ1) is 11.6. The molecule has 0 aliphatic heterocycles. The van der Waals surface area contributed by atoms with E-state index in [4.69, 9.17) is 0 Å². The van der Waals surface area contributed by atoms with Crippen molar-refractivity contribution in [1.82, 2.24) is 21.3 Å². The molecule has 0 bridgehead atoms. The van der Waals surface area contributed by atoms with Crippen LogP contribution in [0.2, 0.25) is 0 Å². The Balaban J connectivity index is 3.47. The van der Waals surface area contributed by atoms with Gasteiger partial charge in [0, 0.05) is 26.2 Å². The summed E-state index contributed by atoms with van der Waals surface area (Å²) in [6, 6.07) is -0.161. The van der Waals surface area contributed by atoms with Gasteiger partial charge in [0.2, 0.25) is 0 Å². The molecule has 0 fully saturated rings. The van der Waals surface area contributed by atoms with E-state index in [2.05, 4.69) is 42.0 Å². The largest absolute Gasteiger partial charge is 0.338 e. The minimum atomic E-state index is -0.0810. The summed E-state index contributed by atoms with van der Waals surface area (Å²) in [5, 5.41) is 11.5. The van der Waals surface area contributed by atoms with Crippen molar-refractivity contribution in [3.05, 3.63) is 0 Å². The zero-order valence-electron chi connectivity index (χ0n) is 15.9. The van der Waals surface area contributed by atoms with Crippen LogP contribution in [0.15, 0.2) is 0 Å². The number of rotatable bonds is 14. The number of urea groups is 2. The fraction of sp³-hybridized carbons (Fsp3) is 0.889. The van der Waals surface area contributed by atoms with Crippen LogP contribution in [0.3, 0.4) is 0 Å². The molecule has 0 aliphatic carbocycles. The first-order valence-electron chi connectivity index (χ1n) is 9.63. The van der Waals surface area contributed by atoms with E-state index < -0.39 is 0 Å². The molecule has 0 aliphatic rings. The molecule has 1 unspecified atom stereocenters. The Morgan fingerprint density at radius 2 is 1.17 bits per heavy atom. The standard InChI is InChI=1S/C18H38N4O2/c1-4-6-8-12-19-17(23)21-14-10-11-16(3)15-22-18(24)20-13-9-7-5-2/h16H,4-15H2,1-3H3,(H2,19,21,23)(H2,20,22,24). The molecule has 1 atom stereocenters. The van der Waals surface area contributed by atoms with Gasteiger partial charge in [0.05, 0.1) is 0 Å². The molecule has 0 aromatic rings. The summed E-state index contributed by atoms with van der Waals surface area (Å²) < 4.78 is 0. The number of carbonyl (C=O) groups is 2. The van der Waals surface area contributed by atoms with Gasteiger partial charge in [0.25, 0.3) is 0 Å². The fourth-order valence-corrected chi connectivity index (χ4v) is 2.30. The molecule has 4 amide bonds. The van der Waals surface area contributed by atoms with Crippen molar-refractivity contribution >= 4 is 12.1 Å². The van der Waals surface area contributed by atoms with E-state index in [1.165, 1.54) is 0 Å². The van der Waals surface area contributed by atoms with Gasteiger partial charge < -0.3 is 21.3 Å². The summed E-state index contributed by atoms with van der Waals surface area (Å²) >= 11 is 0. The molecule has 0 saturated carbocycles. The van der Waals surface area contributed by atoms with Gasteiger partial charge in [-0.1, -0.05) is 46.5 Å². The molecule has 0 saturated heterocycles. The van der Waals surface area contributed by atoms with E-state index in [1.807, 2.05) is 0 Å². The lowest BCUT2D eigenvalue weighted by atomic mass is 10.1. The Hall–Kier alpha value is -1.46. The number of hydrogen-bond donors (Lipinski definition) is 4. The monoisotopic (exact) mass is 342 g/mol. The van der Waals surface area contributed by atoms with Crippen molar-refractivity contribution in [2.24, 2.45) is 5.92 Å². The van der Waals surface area contributed by atoms with Crippen LogP contribution in [0.5, 0.6) is 0 Å². The van der Waals surface area contributed by atoms with Crippen LogP contribution in [0, 0.1) is 5.92 Å². The van der Waals surface area contributed by atoms with Gasteiger partial charge in [0.1, 0.15) is 0 Å². The minimum absolute atomic E-state index is 0.0802. The van der Waals surface area contributed by atoms with Crippen LogP contribution in [0.1, 0.15) is 72.1 Å².